The minimum atomic E-state index is -3.59. The molecule has 1 fully saturated rings. The number of nitrogen functional groups attached to an aromatic ring is 1. The summed E-state index contributed by atoms with van der Waals surface area (Å²) in [7, 11) is -2.07. The lowest BCUT2D eigenvalue weighted by Crippen LogP contribution is -2.43. The second kappa shape index (κ2) is 5.02. The van der Waals surface area contributed by atoms with Crippen LogP contribution >= 0.6 is 0 Å². The molecule has 6 heteroatoms. The van der Waals surface area contributed by atoms with Crippen molar-refractivity contribution in [2.75, 3.05) is 12.8 Å². The molecule has 0 bridgehead atoms. The molecule has 0 saturated heterocycles. The number of methoxy groups -OCH3 is 1. The van der Waals surface area contributed by atoms with Crippen molar-refractivity contribution in [3.05, 3.63) is 18.2 Å². The first-order valence-corrected chi connectivity index (χ1v) is 7.82. The molecule has 106 valence electrons. The molecule has 2 rings (SSSR count). The highest BCUT2D eigenvalue weighted by atomic mass is 32.2. The molecule has 1 aromatic rings. The Hall–Kier alpha value is -1.27. The standard InChI is InChI=1S/C13H20N2O3S/c1-13(7-3-4-8-13)15-19(16,17)12-6-5-10(18-2)9-11(12)14/h5-6,9,15H,3-4,7-8,14H2,1-2H3. The first-order chi connectivity index (χ1) is 8.86. The fraction of sp³-hybridized carbons (Fsp3) is 0.538. The first-order valence-electron chi connectivity index (χ1n) is 6.34. The summed E-state index contributed by atoms with van der Waals surface area (Å²) < 4.78 is 32.6. The van der Waals surface area contributed by atoms with Crippen LogP contribution < -0.4 is 15.2 Å². The third-order valence-corrected chi connectivity index (χ3v) is 5.31. The van der Waals surface area contributed by atoms with Crippen molar-refractivity contribution in [1.29, 1.82) is 0 Å². The van der Waals surface area contributed by atoms with Crippen molar-refractivity contribution in [2.45, 2.75) is 43.0 Å². The maximum atomic E-state index is 12.4. The molecule has 0 atom stereocenters. The Bertz CT molecular complexity index is 563. The zero-order valence-corrected chi connectivity index (χ0v) is 12.1. The number of benzene rings is 1. The molecule has 0 radical (unpaired) electrons. The van der Waals surface area contributed by atoms with E-state index in [0.717, 1.165) is 25.7 Å². The van der Waals surface area contributed by atoms with Crippen LogP contribution in [-0.2, 0) is 10.0 Å². The van der Waals surface area contributed by atoms with E-state index in [1.165, 1.54) is 19.2 Å². The molecule has 0 heterocycles. The van der Waals surface area contributed by atoms with Crippen molar-refractivity contribution < 1.29 is 13.2 Å². The number of hydrogen-bond donors (Lipinski definition) is 2. The molecule has 0 spiro atoms. The summed E-state index contributed by atoms with van der Waals surface area (Å²) in [5.41, 5.74) is 5.65. The van der Waals surface area contributed by atoms with Crippen LogP contribution in [0.3, 0.4) is 0 Å². The van der Waals surface area contributed by atoms with E-state index in [0.29, 0.717) is 5.75 Å². The smallest absolute Gasteiger partial charge is 0.243 e. The minimum Gasteiger partial charge on any atom is -0.497 e. The summed E-state index contributed by atoms with van der Waals surface area (Å²) in [5, 5.41) is 0. The van der Waals surface area contributed by atoms with Gasteiger partial charge in [-0.3, -0.25) is 0 Å². The van der Waals surface area contributed by atoms with Crippen LogP contribution in [0.1, 0.15) is 32.6 Å². The van der Waals surface area contributed by atoms with Crippen molar-refractivity contribution in [1.82, 2.24) is 4.72 Å². The number of nitrogens with two attached hydrogens (primary N) is 1. The Morgan fingerprint density at radius 3 is 2.47 bits per heavy atom. The zero-order valence-electron chi connectivity index (χ0n) is 11.3. The Kier molecular flexibility index (Phi) is 3.73. The highest BCUT2D eigenvalue weighted by molar-refractivity contribution is 7.89. The van der Waals surface area contributed by atoms with E-state index < -0.39 is 10.0 Å². The van der Waals surface area contributed by atoms with Crippen LogP contribution in [0.15, 0.2) is 23.1 Å². The van der Waals surface area contributed by atoms with Gasteiger partial charge >= 0.3 is 0 Å². The highest BCUT2D eigenvalue weighted by Crippen LogP contribution is 2.32. The average Bonchev–Trinajstić information content (AvgIpc) is 2.74. The second-order valence-electron chi connectivity index (χ2n) is 5.28. The minimum absolute atomic E-state index is 0.112. The Labute approximate surface area is 114 Å². The summed E-state index contributed by atoms with van der Waals surface area (Å²) in [6.45, 7) is 1.94. The van der Waals surface area contributed by atoms with Crippen LogP contribution in [0, 0.1) is 0 Å². The third-order valence-electron chi connectivity index (χ3n) is 3.59. The number of anilines is 1. The van der Waals surface area contributed by atoms with Gasteiger partial charge in [-0.25, -0.2) is 13.1 Å². The molecule has 1 aliphatic rings. The fourth-order valence-electron chi connectivity index (χ4n) is 2.53. The maximum Gasteiger partial charge on any atom is 0.243 e. The molecule has 0 amide bonds. The van der Waals surface area contributed by atoms with E-state index in [-0.39, 0.29) is 16.1 Å². The van der Waals surface area contributed by atoms with Crippen LogP contribution in [-0.4, -0.2) is 21.1 Å². The molecule has 0 aliphatic heterocycles. The monoisotopic (exact) mass is 284 g/mol. The summed E-state index contributed by atoms with van der Waals surface area (Å²) >= 11 is 0. The van der Waals surface area contributed by atoms with Gasteiger partial charge in [0, 0.05) is 11.6 Å². The third kappa shape index (κ3) is 3.01. The van der Waals surface area contributed by atoms with Crippen molar-refractivity contribution in [3.8, 4) is 5.75 Å². The summed E-state index contributed by atoms with van der Waals surface area (Å²) in [5.74, 6) is 0.545. The van der Waals surface area contributed by atoms with Gasteiger partial charge in [0.15, 0.2) is 0 Å². The molecule has 0 aromatic heterocycles. The summed E-state index contributed by atoms with van der Waals surface area (Å²) in [4.78, 5) is 0.112. The number of ether oxygens (including phenoxy) is 1. The lowest BCUT2D eigenvalue weighted by molar-refractivity contribution is 0.414. The van der Waals surface area contributed by atoms with Gasteiger partial charge in [0.1, 0.15) is 10.6 Å². The quantitative estimate of drug-likeness (QED) is 0.827. The van der Waals surface area contributed by atoms with Crippen LogP contribution in [0.2, 0.25) is 0 Å². The second-order valence-corrected chi connectivity index (χ2v) is 6.93. The van der Waals surface area contributed by atoms with E-state index in [1.54, 1.807) is 6.07 Å². The molecular weight excluding hydrogens is 264 g/mol. The van der Waals surface area contributed by atoms with E-state index in [4.69, 9.17) is 10.5 Å². The molecule has 1 aliphatic carbocycles. The number of sulfonamides is 1. The maximum absolute atomic E-state index is 12.4. The predicted octanol–water partition coefficient (Wildman–Crippen LogP) is 1.89. The number of nitrogens with one attached hydrogen (secondary N) is 1. The van der Waals surface area contributed by atoms with E-state index in [9.17, 15) is 8.42 Å². The van der Waals surface area contributed by atoms with Crippen LogP contribution in [0.5, 0.6) is 5.75 Å². The van der Waals surface area contributed by atoms with Crippen molar-refractivity contribution >= 4 is 15.7 Å². The van der Waals surface area contributed by atoms with Gasteiger partial charge in [0.05, 0.1) is 12.8 Å². The SMILES string of the molecule is COc1ccc(S(=O)(=O)NC2(C)CCCC2)c(N)c1. The zero-order chi connectivity index (χ0) is 14.1. The van der Waals surface area contributed by atoms with E-state index >= 15 is 0 Å². The van der Waals surface area contributed by atoms with Crippen molar-refractivity contribution in [3.63, 3.8) is 0 Å². The van der Waals surface area contributed by atoms with E-state index in [2.05, 4.69) is 4.72 Å². The Morgan fingerprint density at radius 1 is 1.32 bits per heavy atom. The lowest BCUT2D eigenvalue weighted by atomic mass is 10.0. The fourth-order valence-corrected chi connectivity index (χ4v) is 4.11. The molecule has 0 unspecified atom stereocenters. The molecule has 1 saturated carbocycles. The van der Waals surface area contributed by atoms with Gasteiger partial charge in [-0.2, -0.15) is 0 Å². The van der Waals surface area contributed by atoms with Crippen LogP contribution in [0.25, 0.3) is 0 Å². The van der Waals surface area contributed by atoms with Gasteiger partial charge in [-0.05, 0) is 31.9 Å². The Morgan fingerprint density at radius 2 is 1.95 bits per heavy atom. The number of rotatable bonds is 4. The van der Waals surface area contributed by atoms with E-state index in [1.807, 2.05) is 6.92 Å². The Balaban J connectivity index is 2.29. The van der Waals surface area contributed by atoms with Crippen LogP contribution in [0.4, 0.5) is 5.69 Å². The average molecular weight is 284 g/mol. The largest absolute Gasteiger partial charge is 0.497 e. The van der Waals surface area contributed by atoms with Gasteiger partial charge in [0.25, 0.3) is 0 Å². The normalized spacial score (nSPS) is 18.4. The molecule has 19 heavy (non-hydrogen) atoms. The van der Waals surface area contributed by atoms with Gasteiger partial charge in [0.2, 0.25) is 10.0 Å². The topological polar surface area (TPSA) is 81.4 Å². The van der Waals surface area contributed by atoms with Gasteiger partial charge in [-0.1, -0.05) is 12.8 Å². The molecular formula is C13H20N2O3S. The first kappa shape index (κ1) is 14.1. The summed E-state index contributed by atoms with van der Waals surface area (Å²) in [6.07, 6.45) is 3.83. The lowest BCUT2D eigenvalue weighted by Gasteiger charge is -2.25. The predicted molar refractivity (Wildman–Crippen MR) is 74.6 cm³/mol. The molecule has 1 aromatic carbocycles. The molecule has 3 N–H and O–H groups in total. The highest BCUT2D eigenvalue weighted by Gasteiger charge is 2.34. The van der Waals surface area contributed by atoms with Crippen molar-refractivity contribution in [2.24, 2.45) is 0 Å². The number of hydrogen-bond acceptors (Lipinski definition) is 4. The summed E-state index contributed by atoms with van der Waals surface area (Å²) in [6, 6.07) is 4.60. The van der Waals surface area contributed by atoms with Gasteiger partial charge in [-0.15, -0.1) is 0 Å². The van der Waals surface area contributed by atoms with Gasteiger partial charge < -0.3 is 10.5 Å². The molecule has 5 nitrogen and oxygen atoms in total.